The summed E-state index contributed by atoms with van der Waals surface area (Å²) >= 11 is 0. The molecule has 0 aromatic rings. The molecule has 7 saturated heterocycles. The van der Waals surface area contributed by atoms with Gasteiger partial charge in [0.05, 0.1) is 125 Å². The lowest BCUT2D eigenvalue weighted by Gasteiger charge is -2.67. The van der Waals surface area contributed by atoms with Gasteiger partial charge in [-0.05, 0) is 199 Å². The Kier molecular flexibility index (Phi) is 36.8. The normalized spacial score (nSPS) is 51.2. The maximum Gasteiger partial charge on any atom is 0.187 e. The lowest BCUT2D eigenvalue weighted by atomic mass is 9.38. The fraction of sp³-hybridized carbons (Fsp3) is 0.962. The van der Waals surface area contributed by atoms with Gasteiger partial charge in [0.25, 0.3) is 0 Å². The van der Waals surface area contributed by atoms with E-state index >= 15 is 0 Å². The molecule has 40 heteroatoms. The van der Waals surface area contributed by atoms with E-state index in [9.17, 15) is 133 Å². The van der Waals surface area contributed by atoms with Crippen LogP contribution in [-0.2, 0) is 66.3 Å². The lowest BCUT2D eigenvalue weighted by molar-refractivity contribution is -0.379. The van der Waals surface area contributed by atoms with Crippen molar-refractivity contribution >= 4 is 0 Å². The summed E-state index contributed by atoms with van der Waals surface area (Å²) in [7, 11) is 0. The fourth-order valence-corrected chi connectivity index (χ4v) is 30.3. The molecule has 40 nitrogen and oxygen atoms in total. The molecular weight excluding hydrogens is 1900 g/mol. The van der Waals surface area contributed by atoms with Gasteiger partial charge in [-0.25, -0.2) is 0 Å². The van der Waals surface area contributed by atoms with Crippen molar-refractivity contribution in [2.45, 2.75) is 479 Å². The second-order valence-electron chi connectivity index (χ2n) is 50.0. The molecule has 7 heterocycles. The molecule has 0 aromatic heterocycles. The minimum absolute atomic E-state index is 0.0200. The van der Waals surface area contributed by atoms with E-state index in [1.165, 1.54) is 5.57 Å². The molecule has 26 N–H and O–H groups in total. The van der Waals surface area contributed by atoms with Gasteiger partial charge in [-0.3, -0.25) is 0 Å². The van der Waals surface area contributed by atoms with E-state index in [1.54, 1.807) is 48.5 Å². The van der Waals surface area contributed by atoms with Gasteiger partial charge in [0.15, 0.2) is 44.0 Å². The standard InChI is InChI=1S/C68H116O32.C37H64O8/c1-26(11-15-41(65(6,7)88)98-62-56(99-60-54(86)50(82)46(78)34(22-71)93-60)43(75)27(2)36(95-62)24-89-58-44(76)28(3)42(74)32(20-69)91-58)29-17-18-66(8)38-14-12-30-31(68(38,10)39(73)19-67(29,66)9)13-16-40(64(30,4)5)97-63-57(100-61-55(87)51(83)47(79)35(23-72)94-61)52(84)48(80)37(96-63)25-90-59-53(85)49(81)45(77)33(21-70)92-59;1-20(10-15-29(34(5,6)43)45-32-31(42)30(41)21(2)25(19-38)44-32)22-16-17-35(7)26-13-11-23-24(12-14-27(39)33(23,3)4)37(26,9)28(40)18-36(22,35)8/h12,26-29,31-63,69-88H,11,13-25H2,1-10H3;11,20-22,24-32,38-43H,10,12-19H2,1-9H3/t26-,27-,28+,29?,31?,32-,33-,34+,35+,36-,37-,38?,39-,40+,41-,42+,43+,44-,45-,46+,47+,48-,49+,50-,51-,52+,53-,54+,55+,56-,57-,58-,59-,60-,61-,62+,63+,66+,67-,68+;20-,21-,22?,24?,25-,26?,27+,28-,29-,30+,31-,32+,35+,36-,37+/m11/s1. The first-order valence-electron chi connectivity index (χ1n) is 53.5. The summed E-state index contributed by atoms with van der Waals surface area (Å²) in [6, 6.07) is 0. The number of aliphatic hydroxyl groups excluding tert-OH is 24. The van der Waals surface area contributed by atoms with Crippen LogP contribution in [0.3, 0.4) is 0 Å². The largest absolute Gasteiger partial charge is 0.394 e. The molecule has 13 fully saturated rings. The molecule has 7 aliphatic heterocycles. The molecule has 0 aromatic carbocycles. The number of ether oxygens (including phenoxy) is 14. The zero-order valence-electron chi connectivity index (χ0n) is 88.1. The molecule has 6 unspecified atom stereocenters. The van der Waals surface area contributed by atoms with Crippen LogP contribution in [0.5, 0.6) is 0 Å². The Morgan fingerprint density at radius 1 is 0.331 bits per heavy atom. The first-order valence-corrected chi connectivity index (χ1v) is 53.5. The smallest absolute Gasteiger partial charge is 0.187 e. The molecule has 6 saturated carbocycles. The summed E-state index contributed by atoms with van der Waals surface area (Å²) in [5.74, 6) is -0.840. The molecule has 8 aliphatic carbocycles. The predicted octanol–water partition coefficient (Wildman–Crippen LogP) is -0.462. The third-order valence-corrected chi connectivity index (χ3v) is 40.6. The molecule has 0 spiro atoms. The number of rotatable bonds is 31. The van der Waals surface area contributed by atoms with Crippen molar-refractivity contribution in [1.82, 2.24) is 0 Å². The van der Waals surface area contributed by atoms with Crippen LogP contribution in [0.1, 0.15) is 234 Å². The van der Waals surface area contributed by atoms with Crippen molar-refractivity contribution in [2.75, 3.05) is 46.2 Å². The topological polar surface area (TPSA) is 655 Å². The lowest BCUT2D eigenvalue weighted by Crippen LogP contribution is -2.66. The Bertz CT molecular complexity index is 4240. The van der Waals surface area contributed by atoms with E-state index in [0.717, 1.165) is 63.4 Å². The van der Waals surface area contributed by atoms with Crippen LogP contribution in [0.2, 0.25) is 0 Å². The summed E-state index contributed by atoms with van der Waals surface area (Å²) in [4.78, 5) is 0. The number of hydrogen-bond donors (Lipinski definition) is 26. The summed E-state index contributed by atoms with van der Waals surface area (Å²) < 4.78 is 85.4. The summed E-state index contributed by atoms with van der Waals surface area (Å²) in [6.45, 7) is 34.2. The molecule has 0 bridgehead atoms. The van der Waals surface area contributed by atoms with Crippen molar-refractivity contribution in [2.24, 2.45) is 108 Å². The Morgan fingerprint density at radius 2 is 0.690 bits per heavy atom. The first-order chi connectivity index (χ1) is 67.6. The summed E-state index contributed by atoms with van der Waals surface area (Å²) in [5, 5.41) is 284. The molecule has 0 amide bonds. The Morgan fingerprint density at radius 3 is 1.14 bits per heavy atom. The minimum atomic E-state index is -1.93. The van der Waals surface area contributed by atoms with Gasteiger partial charge in [-0.2, -0.15) is 0 Å². The summed E-state index contributed by atoms with van der Waals surface area (Å²) in [5.41, 5.74) is -3.10. The van der Waals surface area contributed by atoms with Crippen molar-refractivity contribution < 1.29 is 199 Å². The quantitative estimate of drug-likeness (QED) is 0.0390. The van der Waals surface area contributed by atoms with Crippen molar-refractivity contribution in [3.05, 3.63) is 23.3 Å². The van der Waals surface area contributed by atoms with E-state index in [-0.39, 0.29) is 82.4 Å². The second kappa shape index (κ2) is 45.1. The van der Waals surface area contributed by atoms with Gasteiger partial charge in [-0.1, -0.05) is 127 Å². The van der Waals surface area contributed by atoms with Gasteiger partial charge in [-0.15, -0.1) is 0 Å². The zero-order chi connectivity index (χ0) is 107. The first kappa shape index (κ1) is 118. The van der Waals surface area contributed by atoms with E-state index in [0.29, 0.717) is 56.3 Å². The SMILES string of the molecule is C[C@@H]1[C@@H](O)[C@H](OC[C@H]2O[C@@H](O[C@H](CC[C@@H](C)C3CC[C@@]4(C)C5CC=C6C(CC[C@H](O[C@@H]7O[C@H](CO[C@@H]8O[C@H](CO)[C@@H](O)[C@H](O)[C@H]8O)[C@@H](O)[C@H](O)[C@H]7O[C@H]7O[C@@H](CO)[C@H](O)[C@@H](O)[C@@H]7O)C6(C)C)[C@]5(C)[C@H](O)C[C@]34C)C(C)(C)O)[C@H](O[C@H]3O[C@@H](CO)[C@H](O)[C@@H](O)[C@@H]3O)[C@@H](O)[C@@H]2C)O[C@H](CO)[C@H]1O.C[C@H]1[C@H](O)[C@@H](O)[C@H](O[C@H](CC[C@@H](C)C2CC[C@@]3(C)C4CC=C5C(CC[C@H](O)C5(C)C)[C@]4(C)[C@H](O)C[C@]23C)C(C)(C)O)O[C@@H]1CO. The molecule has 55 atom stereocenters. The van der Waals surface area contributed by atoms with Crippen LogP contribution in [0, 0.1) is 108 Å². The van der Waals surface area contributed by atoms with E-state index in [2.05, 4.69) is 81.4 Å². The van der Waals surface area contributed by atoms with Crippen LogP contribution < -0.4 is 0 Å². The maximum absolute atomic E-state index is 13.0. The molecule has 840 valence electrons. The third kappa shape index (κ3) is 21.4. The number of allylic oxidation sites excluding steroid dienone is 2. The van der Waals surface area contributed by atoms with Crippen LogP contribution >= 0.6 is 0 Å². The number of fused-ring (bicyclic) bond motifs is 10. The van der Waals surface area contributed by atoms with Crippen LogP contribution in [0.25, 0.3) is 0 Å². The Balaban J connectivity index is 0.000000307. The van der Waals surface area contributed by atoms with E-state index in [4.69, 9.17) is 66.3 Å². The molecule has 145 heavy (non-hydrogen) atoms. The van der Waals surface area contributed by atoms with Gasteiger partial charge in [0, 0.05) is 39.4 Å². The van der Waals surface area contributed by atoms with Crippen molar-refractivity contribution in [1.29, 1.82) is 0 Å². The van der Waals surface area contributed by atoms with Gasteiger partial charge < -0.3 is 199 Å². The predicted molar refractivity (Wildman–Crippen MR) is 512 cm³/mol. The molecule has 15 aliphatic rings. The average molecular weight is 2080 g/mol. The van der Waals surface area contributed by atoms with E-state index < -0.39 is 305 Å². The van der Waals surface area contributed by atoms with Crippen LogP contribution in [0.15, 0.2) is 23.3 Å². The number of hydrogen-bond acceptors (Lipinski definition) is 40. The number of aliphatic hydroxyl groups is 26. The highest BCUT2D eigenvalue weighted by Gasteiger charge is 2.74. The summed E-state index contributed by atoms with van der Waals surface area (Å²) in [6.07, 6.45) is -36.7. The Labute approximate surface area is 851 Å². The van der Waals surface area contributed by atoms with Gasteiger partial charge in [0.2, 0.25) is 0 Å². The van der Waals surface area contributed by atoms with Crippen molar-refractivity contribution in [3.8, 4) is 0 Å². The second-order valence-corrected chi connectivity index (χ2v) is 50.0. The van der Waals surface area contributed by atoms with Crippen LogP contribution in [-0.4, -0.2) is 423 Å². The highest BCUT2D eigenvalue weighted by Crippen LogP contribution is 2.78. The van der Waals surface area contributed by atoms with Gasteiger partial charge >= 0.3 is 0 Å². The fourth-order valence-electron chi connectivity index (χ4n) is 30.3. The van der Waals surface area contributed by atoms with Gasteiger partial charge in [0.1, 0.15) is 122 Å². The molecule has 15 rings (SSSR count). The zero-order valence-corrected chi connectivity index (χ0v) is 88.1. The van der Waals surface area contributed by atoms with E-state index in [1.807, 2.05) is 13.8 Å². The average Bonchev–Trinajstić information content (AvgIpc) is 1.66. The monoisotopic (exact) mass is 2080 g/mol. The Hall–Kier alpha value is -2.12. The highest BCUT2D eigenvalue weighted by molar-refractivity contribution is 5.34. The molecule has 0 radical (unpaired) electrons. The van der Waals surface area contributed by atoms with Crippen molar-refractivity contribution in [3.63, 3.8) is 0 Å². The maximum atomic E-state index is 13.0. The molecular formula is C105H180O40. The minimum Gasteiger partial charge on any atom is -0.394 e. The third-order valence-electron chi connectivity index (χ3n) is 40.6. The highest BCUT2D eigenvalue weighted by atomic mass is 16.8. The van der Waals surface area contributed by atoms with Crippen LogP contribution in [0.4, 0.5) is 0 Å².